The van der Waals surface area contributed by atoms with Gasteiger partial charge in [0.1, 0.15) is 16.3 Å². The number of carboxylic acid groups (broad SMARTS) is 1. The monoisotopic (exact) mass is 471 g/mol. The molecule has 3 aromatic heterocycles. The number of thiazole rings is 1. The number of fused-ring (bicyclic) bond motifs is 1. The van der Waals surface area contributed by atoms with Gasteiger partial charge in [-0.05, 0) is 25.2 Å². The van der Waals surface area contributed by atoms with Crippen LogP contribution in [0, 0.1) is 5.41 Å². The molecule has 4 heterocycles. The molecule has 33 heavy (non-hydrogen) atoms. The number of piperidine rings is 1. The molecule has 11 heteroatoms. The molecule has 3 N–H and O–H groups in total. The van der Waals surface area contributed by atoms with Gasteiger partial charge in [-0.25, -0.2) is 19.3 Å². The van der Waals surface area contributed by atoms with E-state index in [-0.39, 0.29) is 23.4 Å². The zero-order valence-electron chi connectivity index (χ0n) is 19.2. The molecule has 1 saturated heterocycles. The number of nitrogens with one attached hydrogen (secondary N) is 2. The second kappa shape index (κ2) is 8.97. The molecule has 0 unspecified atom stereocenters. The number of amides is 2. The molecule has 2 amide bonds. The van der Waals surface area contributed by atoms with Crippen molar-refractivity contribution in [2.45, 2.75) is 52.6 Å². The van der Waals surface area contributed by atoms with Crippen LogP contribution in [0.3, 0.4) is 0 Å². The summed E-state index contributed by atoms with van der Waals surface area (Å²) in [6.07, 6.45) is 3.69. The van der Waals surface area contributed by atoms with Crippen molar-refractivity contribution in [2.24, 2.45) is 5.41 Å². The molecule has 1 atom stereocenters. The minimum absolute atomic E-state index is 0.00690. The summed E-state index contributed by atoms with van der Waals surface area (Å²) in [5, 5.41) is 21.2. The summed E-state index contributed by atoms with van der Waals surface area (Å²) < 4.78 is 1.77. The normalized spacial score (nSPS) is 16.1. The van der Waals surface area contributed by atoms with Gasteiger partial charge in [0.2, 0.25) is 0 Å². The smallest absolute Gasteiger partial charge is 0.404 e. The first kappa shape index (κ1) is 23.0. The second-order valence-electron chi connectivity index (χ2n) is 9.42. The third kappa shape index (κ3) is 5.08. The van der Waals surface area contributed by atoms with Gasteiger partial charge < -0.3 is 20.6 Å². The molecule has 0 spiro atoms. The molecule has 176 valence electrons. The quantitative estimate of drug-likeness (QED) is 0.519. The Morgan fingerprint density at radius 1 is 1.24 bits per heavy atom. The average molecular weight is 472 g/mol. The summed E-state index contributed by atoms with van der Waals surface area (Å²) in [4.78, 5) is 36.2. The van der Waals surface area contributed by atoms with E-state index in [0.29, 0.717) is 43.3 Å². The predicted molar refractivity (Wildman–Crippen MR) is 127 cm³/mol. The third-order valence-electron chi connectivity index (χ3n) is 6.09. The molecule has 0 aromatic carbocycles. The van der Waals surface area contributed by atoms with Crippen LogP contribution in [-0.2, 0) is 0 Å². The summed E-state index contributed by atoms with van der Waals surface area (Å²) >= 11 is 1.54. The highest BCUT2D eigenvalue weighted by molar-refractivity contribution is 7.16. The Kier molecular flexibility index (Phi) is 6.24. The van der Waals surface area contributed by atoms with E-state index >= 15 is 0 Å². The summed E-state index contributed by atoms with van der Waals surface area (Å²) in [6.45, 7) is 9.44. The van der Waals surface area contributed by atoms with Gasteiger partial charge in [0.25, 0.3) is 5.91 Å². The van der Waals surface area contributed by atoms with E-state index in [0.717, 1.165) is 10.4 Å². The maximum absolute atomic E-state index is 13.4. The van der Waals surface area contributed by atoms with Crippen LogP contribution in [0.1, 0.15) is 51.0 Å². The van der Waals surface area contributed by atoms with Gasteiger partial charge in [0.15, 0.2) is 5.82 Å². The van der Waals surface area contributed by atoms with E-state index in [1.807, 2.05) is 11.6 Å². The Morgan fingerprint density at radius 2 is 1.97 bits per heavy atom. The Labute approximate surface area is 196 Å². The standard InChI is InChI=1S/C22H29N7O3S/c1-13(22(2,3)4)24-17-11-16(19(30)28-7-5-14(6-8-28)25-21(31)32)26-18(27-17)15-12-23-29-9-10-33-20(15)29/h9-14,25H,5-8H2,1-4H3,(H,31,32)(H,24,26,27)/t13-/m0/s1. The molecule has 0 radical (unpaired) electrons. The lowest BCUT2D eigenvalue weighted by Gasteiger charge is -2.32. The van der Waals surface area contributed by atoms with Gasteiger partial charge in [0.05, 0.1) is 11.8 Å². The highest BCUT2D eigenvalue weighted by Gasteiger charge is 2.27. The van der Waals surface area contributed by atoms with Crippen molar-refractivity contribution in [3.8, 4) is 11.4 Å². The summed E-state index contributed by atoms with van der Waals surface area (Å²) in [6, 6.07) is 1.66. The van der Waals surface area contributed by atoms with E-state index < -0.39 is 6.09 Å². The number of hydrogen-bond acceptors (Lipinski definition) is 7. The van der Waals surface area contributed by atoms with Gasteiger partial charge in [0, 0.05) is 42.8 Å². The lowest BCUT2D eigenvalue weighted by atomic mass is 9.88. The topological polar surface area (TPSA) is 125 Å². The number of nitrogens with zero attached hydrogens (tertiary/aromatic N) is 5. The number of carbonyl (C=O) groups is 2. The molecule has 1 fully saturated rings. The molecule has 0 aliphatic carbocycles. The van der Waals surface area contributed by atoms with Gasteiger partial charge in [-0.2, -0.15) is 5.10 Å². The molecular formula is C22H29N7O3S. The Bertz CT molecular complexity index is 1160. The van der Waals surface area contributed by atoms with Crippen molar-refractivity contribution in [1.29, 1.82) is 0 Å². The SMILES string of the molecule is C[C@H](Nc1cc(C(=O)N2CCC(NC(=O)O)CC2)nc(-c2cnn3ccsc23)n1)C(C)(C)C. The number of likely N-dealkylation sites (tertiary alicyclic amines) is 1. The highest BCUT2D eigenvalue weighted by Crippen LogP contribution is 2.28. The summed E-state index contributed by atoms with van der Waals surface area (Å²) in [7, 11) is 0. The molecule has 0 bridgehead atoms. The average Bonchev–Trinajstić information content (AvgIpc) is 3.36. The van der Waals surface area contributed by atoms with Crippen LogP contribution in [-0.4, -0.2) is 66.8 Å². The number of anilines is 1. The van der Waals surface area contributed by atoms with Gasteiger partial charge in [-0.3, -0.25) is 4.79 Å². The van der Waals surface area contributed by atoms with Gasteiger partial charge >= 0.3 is 6.09 Å². The fourth-order valence-electron chi connectivity index (χ4n) is 3.63. The fraction of sp³-hybridized carbons (Fsp3) is 0.500. The predicted octanol–water partition coefficient (Wildman–Crippen LogP) is 3.57. The highest BCUT2D eigenvalue weighted by atomic mass is 32.1. The number of hydrogen-bond donors (Lipinski definition) is 3. The first-order valence-electron chi connectivity index (χ1n) is 11.0. The lowest BCUT2D eigenvalue weighted by molar-refractivity contribution is 0.0700. The summed E-state index contributed by atoms with van der Waals surface area (Å²) in [5.41, 5.74) is 1.08. The van der Waals surface area contributed by atoms with Crippen molar-refractivity contribution in [3.05, 3.63) is 29.5 Å². The number of aromatic nitrogens is 4. The van der Waals surface area contributed by atoms with Crippen LogP contribution >= 0.6 is 11.3 Å². The van der Waals surface area contributed by atoms with E-state index in [2.05, 4.69) is 48.4 Å². The Balaban J connectivity index is 1.64. The molecule has 10 nitrogen and oxygen atoms in total. The Hall–Kier alpha value is -3.21. The minimum atomic E-state index is -1.04. The molecule has 1 aliphatic heterocycles. The van der Waals surface area contributed by atoms with Gasteiger partial charge in [-0.1, -0.05) is 20.8 Å². The maximum Gasteiger partial charge on any atom is 0.404 e. The van der Waals surface area contributed by atoms with Crippen LogP contribution in [0.4, 0.5) is 10.6 Å². The van der Waals surface area contributed by atoms with Crippen LogP contribution < -0.4 is 10.6 Å². The molecular weight excluding hydrogens is 442 g/mol. The lowest BCUT2D eigenvalue weighted by Crippen LogP contribution is -2.46. The minimum Gasteiger partial charge on any atom is -0.465 e. The fourth-order valence-corrected chi connectivity index (χ4v) is 4.43. The zero-order valence-corrected chi connectivity index (χ0v) is 20.0. The first-order valence-corrected chi connectivity index (χ1v) is 11.9. The Morgan fingerprint density at radius 3 is 2.64 bits per heavy atom. The number of carbonyl (C=O) groups excluding carboxylic acids is 1. The van der Waals surface area contributed by atoms with E-state index in [9.17, 15) is 9.59 Å². The first-order chi connectivity index (χ1) is 15.6. The van der Waals surface area contributed by atoms with Crippen molar-refractivity contribution >= 4 is 34.0 Å². The van der Waals surface area contributed by atoms with E-state index in [4.69, 9.17) is 10.1 Å². The molecule has 3 aromatic rings. The second-order valence-corrected chi connectivity index (χ2v) is 10.3. The van der Waals surface area contributed by atoms with Crippen molar-refractivity contribution < 1.29 is 14.7 Å². The maximum atomic E-state index is 13.4. The van der Waals surface area contributed by atoms with Crippen LogP contribution in [0.25, 0.3) is 16.2 Å². The number of rotatable bonds is 5. The largest absolute Gasteiger partial charge is 0.465 e. The van der Waals surface area contributed by atoms with Crippen LogP contribution in [0.5, 0.6) is 0 Å². The summed E-state index contributed by atoms with van der Waals surface area (Å²) in [5.74, 6) is 0.849. The van der Waals surface area contributed by atoms with Crippen molar-refractivity contribution in [3.63, 3.8) is 0 Å². The van der Waals surface area contributed by atoms with Gasteiger partial charge in [-0.15, -0.1) is 11.3 Å². The van der Waals surface area contributed by atoms with Crippen molar-refractivity contribution in [1.82, 2.24) is 29.8 Å². The van der Waals surface area contributed by atoms with E-state index in [1.165, 1.54) is 11.3 Å². The van der Waals surface area contributed by atoms with Crippen LogP contribution in [0.2, 0.25) is 0 Å². The van der Waals surface area contributed by atoms with Crippen LogP contribution in [0.15, 0.2) is 23.8 Å². The molecule has 1 aliphatic rings. The zero-order chi connectivity index (χ0) is 23.8. The molecule has 4 rings (SSSR count). The third-order valence-corrected chi connectivity index (χ3v) is 6.98. The van der Waals surface area contributed by atoms with E-state index in [1.54, 1.807) is 21.7 Å². The molecule has 0 saturated carbocycles. The van der Waals surface area contributed by atoms with Crippen molar-refractivity contribution in [2.75, 3.05) is 18.4 Å².